The third-order valence-corrected chi connectivity index (χ3v) is 3.35. The fourth-order valence-corrected chi connectivity index (χ4v) is 2.68. The van der Waals surface area contributed by atoms with Gasteiger partial charge in [-0.1, -0.05) is 34.1 Å². The summed E-state index contributed by atoms with van der Waals surface area (Å²) in [5, 5.41) is 0. The van der Waals surface area contributed by atoms with Crippen LogP contribution in [-0.4, -0.2) is 0 Å². The van der Waals surface area contributed by atoms with Gasteiger partial charge in [0.1, 0.15) is 0 Å². The lowest BCUT2D eigenvalue weighted by molar-refractivity contribution is 0.158. The highest BCUT2D eigenvalue weighted by Gasteiger charge is 2.26. The summed E-state index contributed by atoms with van der Waals surface area (Å²) in [6, 6.07) is 0. The Hall–Kier alpha value is 0. The van der Waals surface area contributed by atoms with E-state index >= 15 is 0 Å². The Kier molecular flexibility index (Phi) is 2.98. The van der Waals surface area contributed by atoms with Crippen LogP contribution in [0.25, 0.3) is 0 Å². The van der Waals surface area contributed by atoms with Gasteiger partial charge in [0.15, 0.2) is 0 Å². The van der Waals surface area contributed by atoms with E-state index in [4.69, 9.17) is 0 Å². The third-order valence-electron chi connectivity index (χ3n) is 3.35. The van der Waals surface area contributed by atoms with Crippen LogP contribution >= 0.6 is 0 Å². The quantitative estimate of drug-likeness (QED) is 0.540. The van der Waals surface area contributed by atoms with Gasteiger partial charge in [-0.3, -0.25) is 0 Å². The highest BCUT2D eigenvalue weighted by atomic mass is 14.3. The summed E-state index contributed by atoms with van der Waals surface area (Å²) in [6.07, 6.45) is 4.40. The van der Waals surface area contributed by atoms with Crippen LogP contribution in [0.5, 0.6) is 0 Å². The molecule has 0 bridgehead atoms. The average molecular weight is 154 g/mol. The molecule has 0 spiro atoms. The van der Waals surface area contributed by atoms with E-state index in [9.17, 15) is 0 Å². The molecule has 1 fully saturated rings. The molecular formula is C11H22. The Morgan fingerprint density at radius 3 is 2.18 bits per heavy atom. The summed E-state index contributed by atoms with van der Waals surface area (Å²) in [7, 11) is 0. The van der Waals surface area contributed by atoms with Crippen LogP contribution < -0.4 is 0 Å². The molecule has 0 unspecified atom stereocenters. The van der Waals surface area contributed by atoms with Gasteiger partial charge in [0, 0.05) is 0 Å². The third kappa shape index (κ3) is 2.21. The van der Waals surface area contributed by atoms with E-state index < -0.39 is 0 Å². The van der Waals surface area contributed by atoms with Gasteiger partial charge >= 0.3 is 0 Å². The predicted molar refractivity (Wildman–Crippen MR) is 50.5 cm³/mol. The maximum atomic E-state index is 2.43. The topological polar surface area (TPSA) is 0 Å². The van der Waals surface area contributed by atoms with Gasteiger partial charge in [-0.2, -0.15) is 0 Å². The van der Waals surface area contributed by atoms with Crippen molar-refractivity contribution >= 4 is 0 Å². The smallest absolute Gasteiger partial charge is 0.0365 e. The highest BCUT2D eigenvalue weighted by Crippen LogP contribution is 2.37. The lowest BCUT2D eigenvalue weighted by Gasteiger charge is -2.35. The van der Waals surface area contributed by atoms with Crippen molar-refractivity contribution in [1.82, 2.24) is 0 Å². The first-order chi connectivity index (χ1) is 5.11. The van der Waals surface area contributed by atoms with Crippen LogP contribution in [-0.2, 0) is 0 Å². The maximum Gasteiger partial charge on any atom is -0.0365 e. The minimum absolute atomic E-state index is 0.900. The van der Waals surface area contributed by atoms with Crippen LogP contribution in [0.3, 0.4) is 0 Å². The summed E-state index contributed by atoms with van der Waals surface area (Å²) in [6.45, 7) is 9.57. The van der Waals surface area contributed by atoms with Crippen molar-refractivity contribution in [3.8, 4) is 0 Å². The predicted octanol–water partition coefficient (Wildman–Crippen LogP) is 3.71. The second-order valence-electron chi connectivity index (χ2n) is 4.80. The summed E-state index contributed by atoms with van der Waals surface area (Å²) >= 11 is 0. The van der Waals surface area contributed by atoms with E-state index in [0.29, 0.717) is 0 Å². The molecule has 0 radical (unpaired) electrons. The first-order valence-electron chi connectivity index (χ1n) is 5.11. The van der Waals surface area contributed by atoms with Crippen LogP contribution in [0.4, 0.5) is 0 Å². The van der Waals surface area contributed by atoms with E-state index in [0.717, 1.165) is 23.7 Å². The summed E-state index contributed by atoms with van der Waals surface area (Å²) < 4.78 is 0. The summed E-state index contributed by atoms with van der Waals surface area (Å²) in [5.74, 6) is 3.86. The Labute approximate surface area is 71.4 Å². The number of hydrogen-bond acceptors (Lipinski definition) is 0. The molecule has 0 aliphatic heterocycles. The molecule has 0 saturated heterocycles. The van der Waals surface area contributed by atoms with Crippen molar-refractivity contribution in [3.05, 3.63) is 0 Å². The molecule has 1 aliphatic carbocycles. The normalized spacial score (nSPS) is 39.5. The molecular weight excluding hydrogens is 132 g/mol. The lowest BCUT2D eigenvalue weighted by atomic mass is 9.71. The molecule has 0 heterocycles. The standard InChI is InChI=1S/C11H22/c1-8(2)11-6-5-9(3)7-10(11)4/h8-11H,5-7H2,1-4H3/t9-,10-,11+/m0/s1. The molecule has 0 amide bonds. The van der Waals surface area contributed by atoms with Crippen molar-refractivity contribution in [2.24, 2.45) is 23.7 Å². The van der Waals surface area contributed by atoms with Crippen LogP contribution in [0.1, 0.15) is 47.0 Å². The van der Waals surface area contributed by atoms with Crippen molar-refractivity contribution in [2.75, 3.05) is 0 Å². The molecule has 0 N–H and O–H groups in total. The lowest BCUT2D eigenvalue weighted by Crippen LogP contribution is -2.25. The summed E-state index contributed by atoms with van der Waals surface area (Å²) in [5.41, 5.74) is 0. The van der Waals surface area contributed by atoms with Gasteiger partial charge in [0.05, 0.1) is 0 Å². The highest BCUT2D eigenvalue weighted by molar-refractivity contribution is 4.77. The molecule has 0 aromatic heterocycles. The van der Waals surface area contributed by atoms with E-state index in [1.807, 2.05) is 0 Å². The Morgan fingerprint density at radius 1 is 1.09 bits per heavy atom. The first kappa shape index (κ1) is 9.09. The van der Waals surface area contributed by atoms with Crippen molar-refractivity contribution in [3.63, 3.8) is 0 Å². The van der Waals surface area contributed by atoms with E-state index in [2.05, 4.69) is 27.7 Å². The SMILES string of the molecule is CC(C)[C@H]1CC[C@H](C)C[C@@H]1C. The van der Waals surface area contributed by atoms with Gasteiger partial charge in [-0.25, -0.2) is 0 Å². The molecule has 66 valence electrons. The average Bonchev–Trinajstić information content (AvgIpc) is 1.85. The number of rotatable bonds is 1. The molecule has 1 aliphatic rings. The molecule has 0 nitrogen and oxygen atoms in total. The zero-order chi connectivity index (χ0) is 8.43. The summed E-state index contributed by atoms with van der Waals surface area (Å²) in [4.78, 5) is 0. The second-order valence-corrected chi connectivity index (χ2v) is 4.80. The zero-order valence-electron chi connectivity index (χ0n) is 8.43. The Balaban J connectivity index is 2.44. The monoisotopic (exact) mass is 154 g/mol. The van der Waals surface area contributed by atoms with Crippen LogP contribution in [0, 0.1) is 23.7 Å². The Morgan fingerprint density at radius 2 is 1.73 bits per heavy atom. The van der Waals surface area contributed by atoms with Crippen molar-refractivity contribution in [1.29, 1.82) is 0 Å². The fraction of sp³-hybridized carbons (Fsp3) is 1.00. The van der Waals surface area contributed by atoms with Crippen LogP contribution in [0.2, 0.25) is 0 Å². The molecule has 0 aromatic rings. The van der Waals surface area contributed by atoms with Gasteiger partial charge < -0.3 is 0 Å². The van der Waals surface area contributed by atoms with Gasteiger partial charge in [0.2, 0.25) is 0 Å². The minimum atomic E-state index is 0.900. The van der Waals surface area contributed by atoms with E-state index in [1.54, 1.807) is 0 Å². The molecule has 0 heteroatoms. The molecule has 0 aromatic carbocycles. The Bertz CT molecular complexity index is 115. The largest absolute Gasteiger partial charge is 0.0625 e. The first-order valence-corrected chi connectivity index (χ1v) is 5.11. The molecule has 11 heavy (non-hydrogen) atoms. The van der Waals surface area contributed by atoms with Gasteiger partial charge in [-0.15, -0.1) is 0 Å². The molecule has 1 rings (SSSR count). The number of hydrogen-bond donors (Lipinski definition) is 0. The van der Waals surface area contributed by atoms with Crippen molar-refractivity contribution < 1.29 is 0 Å². The fourth-order valence-electron chi connectivity index (χ4n) is 2.68. The maximum absolute atomic E-state index is 2.43. The van der Waals surface area contributed by atoms with E-state index in [-0.39, 0.29) is 0 Å². The van der Waals surface area contributed by atoms with Gasteiger partial charge in [-0.05, 0) is 36.5 Å². The molecule has 1 saturated carbocycles. The molecule has 3 atom stereocenters. The van der Waals surface area contributed by atoms with Gasteiger partial charge in [0.25, 0.3) is 0 Å². The van der Waals surface area contributed by atoms with Crippen LogP contribution in [0.15, 0.2) is 0 Å². The second kappa shape index (κ2) is 3.60. The van der Waals surface area contributed by atoms with E-state index in [1.165, 1.54) is 19.3 Å². The van der Waals surface area contributed by atoms with Crippen molar-refractivity contribution in [2.45, 2.75) is 47.0 Å². The minimum Gasteiger partial charge on any atom is -0.0625 e. The zero-order valence-corrected chi connectivity index (χ0v) is 8.43.